The molecule has 0 radical (unpaired) electrons. The van der Waals surface area contributed by atoms with Gasteiger partial charge in [-0.25, -0.2) is 0 Å². The van der Waals surface area contributed by atoms with Crippen molar-refractivity contribution in [3.05, 3.63) is 33.8 Å². The van der Waals surface area contributed by atoms with E-state index < -0.39 is 0 Å². The predicted molar refractivity (Wildman–Crippen MR) is 97.5 cm³/mol. The fraction of sp³-hybridized carbons (Fsp3) is 0.438. The lowest BCUT2D eigenvalue weighted by Crippen LogP contribution is -2.36. The molecule has 1 heterocycles. The van der Waals surface area contributed by atoms with E-state index >= 15 is 0 Å². The Kier molecular flexibility index (Phi) is 8.38. The molecular formula is C16H21BrClN3O3. The summed E-state index contributed by atoms with van der Waals surface area (Å²) in [6.45, 7) is 4.33. The third kappa shape index (κ3) is 5.03. The molecule has 1 aliphatic rings. The van der Waals surface area contributed by atoms with E-state index in [2.05, 4.69) is 33.5 Å². The smallest absolute Gasteiger partial charge is 0.261 e. The molecule has 0 aliphatic carbocycles. The largest absolute Gasteiger partial charge is 0.355 e. The SMILES string of the molecule is CCCNCCNC(=O)CCN1C(=O)c2ccc(Br)cc2C1=O.Cl. The van der Waals surface area contributed by atoms with Crippen molar-refractivity contribution in [1.29, 1.82) is 0 Å². The summed E-state index contributed by atoms with van der Waals surface area (Å²) in [6.07, 6.45) is 1.16. The lowest BCUT2D eigenvalue weighted by atomic mass is 10.1. The molecule has 8 heteroatoms. The lowest BCUT2D eigenvalue weighted by Gasteiger charge is -2.13. The Balaban J connectivity index is 0.00000288. The van der Waals surface area contributed by atoms with Gasteiger partial charge in [0.2, 0.25) is 5.91 Å². The normalized spacial score (nSPS) is 12.8. The molecule has 6 nitrogen and oxygen atoms in total. The first-order valence-corrected chi connectivity index (χ1v) is 8.47. The number of hydrogen-bond acceptors (Lipinski definition) is 4. The fourth-order valence-electron chi connectivity index (χ4n) is 2.36. The van der Waals surface area contributed by atoms with Gasteiger partial charge < -0.3 is 10.6 Å². The molecule has 1 aliphatic heterocycles. The second kappa shape index (κ2) is 9.76. The molecule has 2 rings (SSSR count). The number of nitrogens with zero attached hydrogens (tertiary/aromatic N) is 1. The van der Waals surface area contributed by atoms with Crippen LogP contribution in [-0.2, 0) is 4.79 Å². The van der Waals surface area contributed by atoms with Crippen LogP contribution in [0.3, 0.4) is 0 Å². The average molecular weight is 419 g/mol. The van der Waals surface area contributed by atoms with E-state index in [-0.39, 0.29) is 43.1 Å². The van der Waals surface area contributed by atoms with Crippen LogP contribution < -0.4 is 10.6 Å². The minimum absolute atomic E-state index is 0. The predicted octanol–water partition coefficient (Wildman–Crippen LogP) is 1.97. The van der Waals surface area contributed by atoms with Crippen LogP contribution in [0.2, 0.25) is 0 Å². The van der Waals surface area contributed by atoms with Gasteiger partial charge in [-0.2, -0.15) is 0 Å². The highest BCUT2D eigenvalue weighted by atomic mass is 79.9. The second-order valence-electron chi connectivity index (χ2n) is 5.30. The summed E-state index contributed by atoms with van der Waals surface area (Å²) >= 11 is 3.29. The second-order valence-corrected chi connectivity index (χ2v) is 6.22. The molecule has 0 fully saturated rings. The van der Waals surface area contributed by atoms with Crippen molar-refractivity contribution in [1.82, 2.24) is 15.5 Å². The van der Waals surface area contributed by atoms with Crippen molar-refractivity contribution in [3.8, 4) is 0 Å². The number of carbonyl (C=O) groups excluding carboxylic acids is 3. The standard InChI is InChI=1S/C16H20BrN3O3.ClH/c1-2-6-18-7-8-19-14(21)5-9-20-15(22)12-4-3-11(17)10-13(12)16(20)23;/h3-4,10,18H,2,5-9H2,1H3,(H,19,21);1H. The number of benzene rings is 1. The summed E-state index contributed by atoms with van der Waals surface area (Å²) in [4.78, 5) is 37.4. The van der Waals surface area contributed by atoms with Gasteiger partial charge in [0.25, 0.3) is 11.8 Å². The van der Waals surface area contributed by atoms with E-state index in [9.17, 15) is 14.4 Å². The first kappa shape index (κ1) is 20.6. The van der Waals surface area contributed by atoms with Crippen LogP contribution in [-0.4, -0.2) is 48.8 Å². The highest BCUT2D eigenvalue weighted by Crippen LogP contribution is 2.25. The number of carbonyl (C=O) groups is 3. The zero-order valence-electron chi connectivity index (χ0n) is 13.4. The molecule has 0 aromatic heterocycles. The van der Waals surface area contributed by atoms with Crippen LogP contribution in [0.1, 0.15) is 40.5 Å². The number of nitrogens with one attached hydrogen (secondary N) is 2. The number of fused-ring (bicyclic) bond motifs is 1. The van der Waals surface area contributed by atoms with Crippen LogP contribution in [0.25, 0.3) is 0 Å². The molecule has 0 saturated heterocycles. The van der Waals surface area contributed by atoms with E-state index in [4.69, 9.17) is 0 Å². The summed E-state index contributed by atoms with van der Waals surface area (Å²) in [5.74, 6) is -0.848. The zero-order chi connectivity index (χ0) is 16.8. The summed E-state index contributed by atoms with van der Waals surface area (Å²) in [5.41, 5.74) is 0.774. The first-order chi connectivity index (χ1) is 11.0. The topological polar surface area (TPSA) is 78.5 Å². The maximum atomic E-state index is 12.2. The van der Waals surface area contributed by atoms with Gasteiger partial charge in [0.1, 0.15) is 0 Å². The van der Waals surface area contributed by atoms with Gasteiger partial charge >= 0.3 is 0 Å². The number of hydrogen-bond donors (Lipinski definition) is 2. The van der Waals surface area contributed by atoms with Gasteiger partial charge in [-0.1, -0.05) is 22.9 Å². The third-order valence-electron chi connectivity index (χ3n) is 3.55. The maximum Gasteiger partial charge on any atom is 0.261 e. The van der Waals surface area contributed by atoms with Crippen molar-refractivity contribution in [2.75, 3.05) is 26.2 Å². The van der Waals surface area contributed by atoms with E-state index in [1.54, 1.807) is 18.2 Å². The van der Waals surface area contributed by atoms with Gasteiger partial charge in [-0.15, -0.1) is 12.4 Å². The summed E-state index contributed by atoms with van der Waals surface area (Å²) in [7, 11) is 0. The number of rotatable bonds is 8. The molecule has 1 aromatic rings. The Morgan fingerprint density at radius 2 is 1.83 bits per heavy atom. The highest BCUT2D eigenvalue weighted by molar-refractivity contribution is 9.10. The molecule has 0 unspecified atom stereocenters. The van der Waals surface area contributed by atoms with Crippen molar-refractivity contribution in [2.24, 2.45) is 0 Å². The minimum atomic E-state index is -0.344. The van der Waals surface area contributed by atoms with Crippen molar-refractivity contribution < 1.29 is 14.4 Å². The Bertz CT molecular complexity index is 625. The van der Waals surface area contributed by atoms with Crippen molar-refractivity contribution in [2.45, 2.75) is 19.8 Å². The zero-order valence-corrected chi connectivity index (χ0v) is 15.8. The molecule has 3 amide bonds. The average Bonchev–Trinajstić information content (AvgIpc) is 2.76. The Hall–Kier alpha value is -1.44. The maximum absolute atomic E-state index is 12.2. The molecule has 0 bridgehead atoms. The minimum Gasteiger partial charge on any atom is -0.355 e. The Labute approximate surface area is 155 Å². The van der Waals surface area contributed by atoms with Crippen LogP contribution in [0, 0.1) is 0 Å². The van der Waals surface area contributed by atoms with Gasteiger partial charge in [-0.05, 0) is 31.2 Å². The molecule has 1 aromatic carbocycles. The van der Waals surface area contributed by atoms with Gasteiger partial charge in [-0.3, -0.25) is 19.3 Å². The molecule has 2 N–H and O–H groups in total. The number of imide groups is 1. The van der Waals surface area contributed by atoms with Crippen LogP contribution in [0.5, 0.6) is 0 Å². The Morgan fingerprint density at radius 3 is 2.54 bits per heavy atom. The van der Waals surface area contributed by atoms with Gasteiger partial charge in [0.05, 0.1) is 11.1 Å². The van der Waals surface area contributed by atoms with Crippen LogP contribution in [0.15, 0.2) is 22.7 Å². The van der Waals surface area contributed by atoms with Crippen molar-refractivity contribution >= 4 is 46.1 Å². The molecule has 132 valence electrons. The summed E-state index contributed by atoms with van der Waals surface area (Å²) in [6, 6.07) is 4.98. The molecular weight excluding hydrogens is 398 g/mol. The molecule has 0 saturated carbocycles. The fourth-order valence-corrected chi connectivity index (χ4v) is 2.72. The quantitative estimate of drug-likeness (QED) is 0.500. The highest BCUT2D eigenvalue weighted by Gasteiger charge is 2.35. The third-order valence-corrected chi connectivity index (χ3v) is 4.04. The van der Waals surface area contributed by atoms with E-state index in [1.807, 2.05) is 0 Å². The summed E-state index contributed by atoms with van der Waals surface area (Å²) < 4.78 is 0.747. The van der Waals surface area contributed by atoms with Crippen LogP contribution >= 0.6 is 28.3 Å². The van der Waals surface area contributed by atoms with E-state index in [0.717, 1.165) is 22.3 Å². The van der Waals surface area contributed by atoms with E-state index in [1.165, 1.54) is 0 Å². The number of halogens is 2. The summed E-state index contributed by atoms with van der Waals surface area (Å²) in [5, 5.41) is 5.95. The first-order valence-electron chi connectivity index (χ1n) is 7.67. The Morgan fingerprint density at radius 1 is 1.12 bits per heavy atom. The number of amides is 3. The monoisotopic (exact) mass is 417 g/mol. The van der Waals surface area contributed by atoms with Crippen LogP contribution in [0.4, 0.5) is 0 Å². The van der Waals surface area contributed by atoms with E-state index in [0.29, 0.717) is 24.2 Å². The van der Waals surface area contributed by atoms with Gasteiger partial charge in [0, 0.05) is 30.5 Å². The van der Waals surface area contributed by atoms with Crippen molar-refractivity contribution in [3.63, 3.8) is 0 Å². The molecule has 0 spiro atoms. The molecule has 24 heavy (non-hydrogen) atoms. The molecule has 0 atom stereocenters. The lowest BCUT2D eigenvalue weighted by molar-refractivity contribution is -0.121. The van der Waals surface area contributed by atoms with Gasteiger partial charge in [0.15, 0.2) is 0 Å².